The van der Waals surface area contributed by atoms with Crippen molar-refractivity contribution >= 4 is 27.5 Å². The van der Waals surface area contributed by atoms with Gasteiger partial charge >= 0.3 is 0 Å². The Hall–Kier alpha value is 0.110. The Balaban J connectivity index is 2.15. The smallest absolute Gasteiger partial charge is 0.0908 e. The lowest BCUT2D eigenvalue weighted by Crippen LogP contribution is -1.90. The first-order valence-electron chi connectivity index (χ1n) is 3.98. The van der Waals surface area contributed by atoms with Crippen molar-refractivity contribution < 1.29 is 0 Å². The molecule has 1 aromatic rings. The maximum absolute atomic E-state index is 4.39. The third-order valence-corrected chi connectivity index (χ3v) is 3.53. The molecule has 0 aromatic carbocycles. The molecule has 1 nitrogen and oxygen atoms in total. The highest BCUT2D eigenvalue weighted by molar-refractivity contribution is 9.11. The summed E-state index contributed by atoms with van der Waals surface area (Å²) in [6.45, 7) is 0. The molecule has 1 saturated carbocycles. The molecule has 11 heavy (non-hydrogen) atoms. The second kappa shape index (κ2) is 3.23. The highest BCUT2D eigenvalue weighted by Gasteiger charge is 2.19. The average molecular weight is 232 g/mol. The van der Waals surface area contributed by atoms with E-state index in [1.165, 1.54) is 35.2 Å². The fourth-order valence-corrected chi connectivity index (χ4v) is 2.70. The standard InChI is InChI=1S/C8H10BrNS/c9-8-5-7(10-11-8)6-3-1-2-4-6/h5-6H,1-4H2. The van der Waals surface area contributed by atoms with E-state index in [0.717, 1.165) is 5.92 Å². The van der Waals surface area contributed by atoms with Crippen LogP contribution in [0.2, 0.25) is 0 Å². The minimum absolute atomic E-state index is 0.762. The van der Waals surface area contributed by atoms with Crippen molar-refractivity contribution in [1.82, 2.24) is 4.37 Å². The van der Waals surface area contributed by atoms with Crippen molar-refractivity contribution in [3.63, 3.8) is 0 Å². The van der Waals surface area contributed by atoms with Crippen LogP contribution in [0.15, 0.2) is 9.85 Å². The fourth-order valence-electron chi connectivity index (χ4n) is 1.68. The van der Waals surface area contributed by atoms with Crippen LogP contribution in [0.25, 0.3) is 0 Å². The van der Waals surface area contributed by atoms with Gasteiger partial charge in [-0.15, -0.1) is 0 Å². The first kappa shape index (κ1) is 7.74. The molecule has 2 rings (SSSR count). The van der Waals surface area contributed by atoms with E-state index in [1.807, 2.05) is 0 Å². The molecule has 0 spiro atoms. The first-order chi connectivity index (χ1) is 5.36. The monoisotopic (exact) mass is 231 g/mol. The maximum Gasteiger partial charge on any atom is 0.0908 e. The summed E-state index contributed by atoms with van der Waals surface area (Å²) in [5.74, 6) is 0.762. The summed E-state index contributed by atoms with van der Waals surface area (Å²) >= 11 is 4.99. The van der Waals surface area contributed by atoms with Crippen molar-refractivity contribution in [2.45, 2.75) is 31.6 Å². The number of nitrogens with zero attached hydrogens (tertiary/aromatic N) is 1. The molecular formula is C8H10BrNS. The van der Waals surface area contributed by atoms with Crippen molar-refractivity contribution in [2.24, 2.45) is 0 Å². The zero-order valence-corrected chi connectivity index (χ0v) is 8.62. The molecule has 0 saturated heterocycles. The molecule has 0 amide bonds. The molecule has 0 aliphatic heterocycles. The lowest BCUT2D eigenvalue weighted by Gasteiger charge is -2.01. The number of aromatic nitrogens is 1. The molecule has 0 unspecified atom stereocenters. The van der Waals surface area contributed by atoms with Crippen LogP contribution in [0, 0.1) is 0 Å². The molecular weight excluding hydrogens is 222 g/mol. The summed E-state index contributed by atoms with van der Waals surface area (Å²) in [4.78, 5) is 0. The Morgan fingerprint density at radius 3 is 2.73 bits per heavy atom. The molecule has 1 aliphatic rings. The predicted octanol–water partition coefficient (Wildman–Crippen LogP) is 3.56. The quantitative estimate of drug-likeness (QED) is 0.721. The third-order valence-electron chi connectivity index (χ3n) is 2.27. The SMILES string of the molecule is Brc1cc(C2CCCC2)ns1. The molecule has 1 heterocycles. The number of rotatable bonds is 1. The van der Waals surface area contributed by atoms with Crippen LogP contribution in [0.5, 0.6) is 0 Å². The van der Waals surface area contributed by atoms with Gasteiger partial charge in [-0.05, 0) is 46.4 Å². The van der Waals surface area contributed by atoms with E-state index in [-0.39, 0.29) is 0 Å². The predicted molar refractivity (Wildman–Crippen MR) is 51.0 cm³/mol. The summed E-state index contributed by atoms with van der Waals surface area (Å²) in [7, 11) is 0. The van der Waals surface area contributed by atoms with Crippen LogP contribution in [0.3, 0.4) is 0 Å². The molecule has 1 aromatic heterocycles. The maximum atomic E-state index is 4.39. The van der Waals surface area contributed by atoms with Crippen LogP contribution in [0.4, 0.5) is 0 Å². The van der Waals surface area contributed by atoms with Gasteiger partial charge in [-0.1, -0.05) is 12.8 Å². The minimum atomic E-state index is 0.762. The highest BCUT2D eigenvalue weighted by Crippen LogP contribution is 2.35. The molecule has 60 valence electrons. The van der Waals surface area contributed by atoms with Crippen molar-refractivity contribution in [2.75, 3.05) is 0 Å². The van der Waals surface area contributed by atoms with Gasteiger partial charge in [-0.3, -0.25) is 0 Å². The van der Waals surface area contributed by atoms with Gasteiger partial charge in [0.05, 0.1) is 9.48 Å². The van der Waals surface area contributed by atoms with Crippen molar-refractivity contribution in [3.05, 3.63) is 15.5 Å². The Labute approximate surface area is 79.1 Å². The largest absolute Gasteiger partial charge is 0.196 e. The molecule has 0 bridgehead atoms. The van der Waals surface area contributed by atoms with Gasteiger partial charge in [0, 0.05) is 5.92 Å². The van der Waals surface area contributed by atoms with E-state index in [9.17, 15) is 0 Å². The van der Waals surface area contributed by atoms with Gasteiger partial charge in [-0.2, -0.15) is 4.37 Å². The molecule has 3 heteroatoms. The van der Waals surface area contributed by atoms with Crippen molar-refractivity contribution in [3.8, 4) is 0 Å². The summed E-state index contributed by atoms with van der Waals surface area (Å²) in [6.07, 6.45) is 5.46. The minimum Gasteiger partial charge on any atom is -0.196 e. The van der Waals surface area contributed by atoms with Gasteiger partial charge in [-0.25, -0.2) is 0 Å². The summed E-state index contributed by atoms with van der Waals surface area (Å²) in [6, 6.07) is 2.17. The summed E-state index contributed by atoms with van der Waals surface area (Å²) < 4.78 is 5.56. The summed E-state index contributed by atoms with van der Waals surface area (Å²) in [5, 5.41) is 0. The lowest BCUT2D eigenvalue weighted by atomic mass is 10.1. The zero-order chi connectivity index (χ0) is 7.68. The fraction of sp³-hybridized carbons (Fsp3) is 0.625. The van der Waals surface area contributed by atoms with Crippen molar-refractivity contribution in [1.29, 1.82) is 0 Å². The van der Waals surface area contributed by atoms with Gasteiger partial charge in [0.15, 0.2) is 0 Å². The number of hydrogen-bond acceptors (Lipinski definition) is 2. The highest BCUT2D eigenvalue weighted by atomic mass is 79.9. The third kappa shape index (κ3) is 1.64. The second-order valence-electron chi connectivity index (χ2n) is 3.04. The second-order valence-corrected chi connectivity index (χ2v) is 5.22. The Bertz CT molecular complexity index is 240. The van der Waals surface area contributed by atoms with Gasteiger partial charge in [0.25, 0.3) is 0 Å². The number of halogens is 1. The Morgan fingerprint density at radius 2 is 2.18 bits per heavy atom. The molecule has 0 atom stereocenters. The zero-order valence-electron chi connectivity index (χ0n) is 6.22. The average Bonchev–Trinajstić information content (AvgIpc) is 2.55. The van der Waals surface area contributed by atoms with Crippen LogP contribution in [-0.2, 0) is 0 Å². The lowest BCUT2D eigenvalue weighted by molar-refractivity contribution is 0.707. The molecule has 0 radical (unpaired) electrons. The number of hydrogen-bond donors (Lipinski definition) is 0. The van der Waals surface area contributed by atoms with Crippen LogP contribution in [-0.4, -0.2) is 4.37 Å². The van der Waals surface area contributed by atoms with E-state index in [2.05, 4.69) is 26.4 Å². The summed E-state index contributed by atoms with van der Waals surface area (Å²) in [5.41, 5.74) is 1.30. The van der Waals surface area contributed by atoms with Crippen LogP contribution >= 0.6 is 27.5 Å². The van der Waals surface area contributed by atoms with E-state index in [1.54, 1.807) is 11.5 Å². The van der Waals surface area contributed by atoms with Gasteiger partial charge in [0.2, 0.25) is 0 Å². The van der Waals surface area contributed by atoms with E-state index < -0.39 is 0 Å². The molecule has 0 N–H and O–H groups in total. The first-order valence-corrected chi connectivity index (χ1v) is 5.55. The Morgan fingerprint density at radius 1 is 1.45 bits per heavy atom. The van der Waals surface area contributed by atoms with E-state index in [4.69, 9.17) is 0 Å². The van der Waals surface area contributed by atoms with Gasteiger partial charge in [0.1, 0.15) is 0 Å². The van der Waals surface area contributed by atoms with Crippen LogP contribution in [0.1, 0.15) is 37.3 Å². The van der Waals surface area contributed by atoms with Crippen LogP contribution < -0.4 is 0 Å². The van der Waals surface area contributed by atoms with Gasteiger partial charge < -0.3 is 0 Å². The Kier molecular flexibility index (Phi) is 2.28. The van der Waals surface area contributed by atoms with E-state index >= 15 is 0 Å². The van der Waals surface area contributed by atoms with E-state index in [0.29, 0.717) is 0 Å². The topological polar surface area (TPSA) is 12.9 Å². The normalized spacial score (nSPS) is 19.4. The molecule has 1 fully saturated rings. The molecule has 1 aliphatic carbocycles.